The Morgan fingerprint density at radius 1 is 0.941 bits per heavy atom. The number of likely N-dealkylation sites (N-methyl/N-ethyl adjacent to an activating group) is 1. The second kappa shape index (κ2) is 5.63. The third-order valence-electron chi connectivity index (χ3n) is 4.30. The molecule has 0 N–H and O–H groups in total. The van der Waals surface area contributed by atoms with Crippen LogP contribution in [0.3, 0.4) is 0 Å². The second-order valence-corrected chi connectivity index (χ2v) is 5.66. The van der Waals surface area contributed by atoms with Crippen LogP contribution in [0.25, 0.3) is 0 Å². The van der Waals surface area contributed by atoms with Crippen LogP contribution >= 0.6 is 0 Å². The lowest BCUT2D eigenvalue weighted by molar-refractivity contribution is 0.0136. The lowest BCUT2D eigenvalue weighted by Gasteiger charge is -2.41. The first-order valence-corrected chi connectivity index (χ1v) is 6.93. The zero-order valence-electron chi connectivity index (χ0n) is 11.3. The van der Waals surface area contributed by atoms with Crippen LogP contribution in [0, 0.1) is 0 Å². The van der Waals surface area contributed by atoms with Gasteiger partial charge in [0.2, 0.25) is 0 Å². The predicted molar refractivity (Wildman–Crippen MR) is 69.1 cm³/mol. The minimum atomic E-state index is -0.929. The number of halogens is 1. The average molecular weight is 243 g/mol. The van der Waals surface area contributed by atoms with Gasteiger partial charge in [-0.25, -0.2) is 4.39 Å². The molecule has 0 radical (unpaired) electrons. The lowest BCUT2D eigenvalue weighted by atomic mass is 9.92. The molecule has 2 aliphatic heterocycles. The fourth-order valence-corrected chi connectivity index (χ4v) is 2.83. The summed E-state index contributed by atoms with van der Waals surface area (Å²) < 4.78 is 14.7. The predicted octanol–water partition coefficient (Wildman–Crippen LogP) is 1.06. The van der Waals surface area contributed by atoms with E-state index in [-0.39, 0.29) is 0 Å². The molecular weight excluding hydrogens is 217 g/mol. The van der Waals surface area contributed by atoms with Gasteiger partial charge in [-0.05, 0) is 26.4 Å². The molecule has 0 aromatic heterocycles. The van der Waals surface area contributed by atoms with Crippen LogP contribution in [-0.2, 0) is 0 Å². The molecule has 2 aliphatic rings. The molecule has 2 heterocycles. The summed E-state index contributed by atoms with van der Waals surface area (Å²) in [5.74, 6) is 0. The maximum Gasteiger partial charge on any atom is 0.126 e. The smallest absolute Gasteiger partial charge is 0.126 e. The van der Waals surface area contributed by atoms with Crippen LogP contribution in [0.1, 0.15) is 19.8 Å². The van der Waals surface area contributed by atoms with Crippen molar-refractivity contribution in [1.82, 2.24) is 14.7 Å². The van der Waals surface area contributed by atoms with Crippen LogP contribution in [0.15, 0.2) is 0 Å². The fraction of sp³-hybridized carbons (Fsp3) is 1.00. The van der Waals surface area contributed by atoms with Crippen molar-refractivity contribution in [3.05, 3.63) is 0 Å². The largest absolute Gasteiger partial charge is 0.304 e. The van der Waals surface area contributed by atoms with Crippen molar-refractivity contribution in [2.45, 2.75) is 25.4 Å². The van der Waals surface area contributed by atoms with E-state index >= 15 is 0 Å². The van der Waals surface area contributed by atoms with Crippen molar-refractivity contribution in [2.24, 2.45) is 0 Å². The van der Waals surface area contributed by atoms with E-state index in [1.54, 1.807) is 0 Å². The molecule has 100 valence electrons. The summed E-state index contributed by atoms with van der Waals surface area (Å²) in [6.45, 7) is 9.95. The van der Waals surface area contributed by atoms with Crippen molar-refractivity contribution in [3.63, 3.8) is 0 Å². The van der Waals surface area contributed by atoms with Gasteiger partial charge in [-0.2, -0.15) is 0 Å². The van der Waals surface area contributed by atoms with E-state index in [2.05, 4.69) is 28.7 Å². The van der Waals surface area contributed by atoms with Gasteiger partial charge in [-0.1, -0.05) is 6.92 Å². The Kier molecular flexibility index (Phi) is 4.39. The number of piperidine rings is 1. The van der Waals surface area contributed by atoms with Gasteiger partial charge in [0.15, 0.2) is 0 Å². The van der Waals surface area contributed by atoms with Gasteiger partial charge >= 0.3 is 0 Å². The Hall–Kier alpha value is -0.190. The molecule has 0 saturated carbocycles. The number of hydrogen-bond donors (Lipinski definition) is 0. The molecule has 17 heavy (non-hydrogen) atoms. The highest BCUT2D eigenvalue weighted by Gasteiger charge is 2.36. The molecule has 4 heteroatoms. The van der Waals surface area contributed by atoms with E-state index < -0.39 is 5.67 Å². The number of nitrogens with zero attached hydrogens (tertiary/aromatic N) is 3. The number of likely N-dealkylation sites (tertiary alicyclic amines) is 1. The summed E-state index contributed by atoms with van der Waals surface area (Å²) in [5, 5.41) is 0. The first-order chi connectivity index (χ1) is 8.11. The van der Waals surface area contributed by atoms with Crippen LogP contribution in [0.4, 0.5) is 4.39 Å². The van der Waals surface area contributed by atoms with E-state index in [1.807, 2.05) is 0 Å². The minimum absolute atomic E-state index is 0.651. The molecule has 0 unspecified atom stereocenters. The lowest BCUT2D eigenvalue weighted by Crippen LogP contribution is -2.52. The SMILES string of the molecule is CCN1CCC(F)(CN2CCN(C)CC2)CC1. The van der Waals surface area contributed by atoms with Crippen molar-refractivity contribution < 1.29 is 4.39 Å². The first kappa shape index (κ1) is 13.2. The van der Waals surface area contributed by atoms with Gasteiger partial charge in [-0.15, -0.1) is 0 Å². The number of rotatable bonds is 3. The highest BCUT2D eigenvalue weighted by atomic mass is 19.1. The van der Waals surface area contributed by atoms with Gasteiger partial charge in [0.05, 0.1) is 0 Å². The summed E-state index contributed by atoms with van der Waals surface area (Å²) in [6, 6.07) is 0. The molecule has 0 aromatic carbocycles. The molecule has 2 saturated heterocycles. The first-order valence-electron chi connectivity index (χ1n) is 6.93. The van der Waals surface area contributed by atoms with Crippen LogP contribution < -0.4 is 0 Å². The molecule has 0 aromatic rings. The van der Waals surface area contributed by atoms with Crippen molar-refractivity contribution in [3.8, 4) is 0 Å². The Balaban J connectivity index is 1.78. The second-order valence-electron chi connectivity index (χ2n) is 5.66. The zero-order valence-corrected chi connectivity index (χ0v) is 11.3. The number of hydrogen-bond acceptors (Lipinski definition) is 3. The molecule has 0 amide bonds. The zero-order chi connectivity index (χ0) is 12.3. The molecule has 3 nitrogen and oxygen atoms in total. The van der Waals surface area contributed by atoms with Gasteiger partial charge in [0, 0.05) is 45.8 Å². The Labute approximate surface area is 105 Å². The van der Waals surface area contributed by atoms with Crippen molar-refractivity contribution in [1.29, 1.82) is 0 Å². The minimum Gasteiger partial charge on any atom is -0.304 e. The quantitative estimate of drug-likeness (QED) is 0.734. The standard InChI is InChI=1S/C13H26FN3/c1-3-16-6-4-13(14,5-7-16)12-17-10-8-15(2)9-11-17/h3-12H2,1-2H3. The molecule has 0 bridgehead atoms. The molecule has 0 aliphatic carbocycles. The highest BCUT2D eigenvalue weighted by molar-refractivity contribution is 4.90. The van der Waals surface area contributed by atoms with Crippen molar-refractivity contribution >= 4 is 0 Å². The van der Waals surface area contributed by atoms with Crippen LogP contribution in [0.2, 0.25) is 0 Å². The van der Waals surface area contributed by atoms with E-state index in [0.717, 1.165) is 45.8 Å². The molecular formula is C13H26FN3. The molecule has 0 atom stereocenters. The van der Waals surface area contributed by atoms with Gasteiger partial charge in [0.25, 0.3) is 0 Å². The summed E-state index contributed by atoms with van der Waals surface area (Å²) in [4.78, 5) is 6.98. The van der Waals surface area contributed by atoms with E-state index in [9.17, 15) is 4.39 Å². The van der Waals surface area contributed by atoms with E-state index in [4.69, 9.17) is 0 Å². The summed E-state index contributed by atoms with van der Waals surface area (Å²) in [6.07, 6.45) is 1.43. The number of piperazine rings is 1. The summed E-state index contributed by atoms with van der Waals surface area (Å²) >= 11 is 0. The Morgan fingerprint density at radius 2 is 1.53 bits per heavy atom. The summed E-state index contributed by atoms with van der Waals surface area (Å²) in [7, 11) is 2.14. The van der Waals surface area contributed by atoms with Gasteiger partial charge in [0.1, 0.15) is 5.67 Å². The van der Waals surface area contributed by atoms with Gasteiger partial charge in [-0.3, -0.25) is 4.90 Å². The summed E-state index contributed by atoms with van der Waals surface area (Å²) in [5.41, 5.74) is -0.929. The van der Waals surface area contributed by atoms with Crippen molar-refractivity contribution in [2.75, 3.05) is 59.4 Å². The van der Waals surface area contributed by atoms with Crippen LogP contribution in [-0.4, -0.2) is 79.8 Å². The third-order valence-corrected chi connectivity index (χ3v) is 4.30. The average Bonchev–Trinajstić information content (AvgIpc) is 2.33. The molecule has 2 rings (SSSR count). The topological polar surface area (TPSA) is 9.72 Å². The Morgan fingerprint density at radius 3 is 2.06 bits per heavy atom. The molecule has 0 spiro atoms. The maximum absolute atomic E-state index is 14.7. The monoisotopic (exact) mass is 243 g/mol. The molecule has 2 fully saturated rings. The van der Waals surface area contributed by atoms with E-state index in [0.29, 0.717) is 19.4 Å². The highest BCUT2D eigenvalue weighted by Crippen LogP contribution is 2.27. The number of alkyl halides is 1. The Bertz CT molecular complexity index is 231. The maximum atomic E-state index is 14.7. The van der Waals surface area contributed by atoms with Gasteiger partial charge < -0.3 is 9.80 Å². The fourth-order valence-electron chi connectivity index (χ4n) is 2.83. The van der Waals surface area contributed by atoms with E-state index in [1.165, 1.54) is 0 Å². The van der Waals surface area contributed by atoms with Crippen LogP contribution in [0.5, 0.6) is 0 Å². The third kappa shape index (κ3) is 3.63. The normalized spacial score (nSPS) is 28.4.